The first-order chi connectivity index (χ1) is 14.7. The molecular formula is C22H18F5N2O2. The van der Waals surface area contributed by atoms with Gasteiger partial charge in [0, 0.05) is 37.7 Å². The van der Waals surface area contributed by atoms with Crippen LogP contribution in [0.4, 0.5) is 27.6 Å². The van der Waals surface area contributed by atoms with Gasteiger partial charge < -0.3 is 9.64 Å². The van der Waals surface area contributed by atoms with Gasteiger partial charge in [-0.05, 0) is 30.3 Å². The maximum Gasteiger partial charge on any atom is 0.458 e. The Morgan fingerprint density at radius 1 is 0.968 bits per heavy atom. The highest BCUT2D eigenvalue weighted by molar-refractivity contribution is 5.96. The zero-order valence-electron chi connectivity index (χ0n) is 16.2. The number of piperidine rings is 1. The number of aromatic nitrogens is 1. The summed E-state index contributed by atoms with van der Waals surface area (Å²) in [5.74, 6) is -5.11. The SMILES string of the molecule is [O]c1cccc2nccc(N3CCC(Oc4cccc(C(F)(F)C(F)(F)F)c4)CC3)c12. The van der Waals surface area contributed by atoms with E-state index in [9.17, 15) is 27.1 Å². The third-order valence-electron chi connectivity index (χ3n) is 5.34. The molecule has 9 heteroatoms. The molecule has 3 aromatic rings. The van der Waals surface area contributed by atoms with E-state index in [4.69, 9.17) is 4.74 Å². The van der Waals surface area contributed by atoms with Crippen LogP contribution in [0.25, 0.3) is 10.9 Å². The third-order valence-corrected chi connectivity index (χ3v) is 5.34. The average molecular weight is 437 g/mol. The largest absolute Gasteiger partial charge is 0.490 e. The van der Waals surface area contributed by atoms with Crippen molar-refractivity contribution < 1.29 is 31.8 Å². The number of benzene rings is 2. The summed E-state index contributed by atoms with van der Waals surface area (Å²) in [6.07, 6.45) is -3.35. The van der Waals surface area contributed by atoms with Crippen LogP contribution in [0.3, 0.4) is 0 Å². The summed E-state index contributed by atoms with van der Waals surface area (Å²) in [7, 11) is 0. The Kier molecular flexibility index (Phi) is 5.36. The number of fused-ring (bicyclic) bond motifs is 1. The second kappa shape index (κ2) is 7.86. The lowest BCUT2D eigenvalue weighted by Gasteiger charge is -2.34. The number of hydrogen-bond donors (Lipinski definition) is 0. The van der Waals surface area contributed by atoms with Crippen LogP contribution in [0, 0.1) is 0 Å². The Bertz CT molecular complexity index is 1070. The summed E-state index contributed by atoms with van der Waals surface area (Å²) in [5, 5.41) is 12.8. The quantitative estimate of drug-likeness (QED) is 0.465. The number of halogens is 5. The Hall–Kier alpha value is -3.10. The van der Waals surface area contributed by atoms with Gasteiger partial charge in [0.2, 0.25) is 0 Å². The summed E-state index contributed by atoms with van der Waals surface area (Å²) in [5.41, 5.74) is 0.216. The van der Waals surface area contributed by atoms with Crippen molar-refractivity contribution in [2.45, 2.75) is 31.0 Å². The van der Waals surface area contributed by atoms with E-state index in [1.54, 1.807) is 24.4 Å². The van der Waals surface area contributed by atoms with Crippen molar-refractivity contribution in [3.63, 3.8) is 0 Å². The average Bonchev–Trinajstić information content (AvgIpc) is 2.73. The standard InChI is InChI=1S/C22H18F5N2O2/c23-21(24,22(25,26)27)14-3-1-4-16(13-14)31-15-8-11-29(12-9-15)18-7-10-28-17-5-2-6-19(30)20(17)18/h1-7,10,13,15H,8-9,11-12H2. The molecule has 2 heterocycles. The Morgan fingerprint density at radius 3 is 2.39 bits per heavy atom. The van der Waals surface area contributed by atoms with Gasteiger partial charge in [0.05, 0.1) is 16.6 Å². The lowest BCUT2D eigenvalue weighted by Crippen LogP contribution is -2.38. The van der Waals surface area contributed by atoms with Crippen LogP contribution in [0.1, 0.15) is 18.4 Å². The molecule has 0 aliphatic carbocycles. The molecule has 0 bridgehead atoms. The lowest BCUT2D eigenvalue weighted by atomic mass is 10.0. The number of alkyl halides is 5. The van der Waals surface area contributed by atoms with E-state index in [0.29, 0.717) is 36.8 Å². The van der Waals surface area contributed by atoms with Gasteiger partial charge in [-0.25, -0.2) is 0 Å². The molecule has 1 aromatic heterocycles. The van der Waals surface area contributed by atoms with Crippen LogP contribution < -0.4 is 9.64 Å². The zero-order valence-corrected chi connectivity index (χ0v) is 16.2. The fourth-order valence-corrected chi connectivity index (χ4v) is 3.75. The molecule has 163 valence electrons. The highest BCUT2D eigenvalue weighted by Crippen LogP contribution is 2.44. The second-order valence-corrected chi connectivity index (χ2v) is 7.38. The van der Waals surface area contributed by atoms with E-state index in [0.717, 1.165) is 23.9 Å². The molecule has 1 saturated heterocycles. The van der Waals surface area contributed by atoms with Crippen LogP contribution in [0.5, 0.6) is 11.5 Å². The predicted octanol–water partition coefficient (Wildman–Crippen LogP) is 6.08. The van der Waals surface area contributed by atoms with Gasteiger partial charge in [0.1, 0.15) is 11.9 Å². The highest BCUT2D eigenvalue weighted by Gasteiger charge is 2.58. The van der Waals surface area contributed by atoms with Crippen molar-refractivity contribution in [2.24, 2.45) is 0 Å². The van der Waals surface area contributed by atoms with E-state index in [1.807, 2.05) is 4.90 Å². The molecule has 0 unspecified atom stereocenters. The Labute approximate surface area is 174 Å². The van der Waals surface area contributed by atoms with Crippen molar-refractivity contribution in [1.82, 2.24) is 4.98 Å². The molecule has 1 aliphatic rings. The summed E-state index contributed by atoms with van der Waals surface area (Å²) in [6.45, 7) is 1.08. The fourth-order valence-electron chi connectivity index (χ4n) is 3.75. The molecule has 1 aliphatic heterocycles. The van der Waals surface area contributed by atoms with Gasteiger partial charge in [-0.2, -0.15) is 22.0 Å². The van der Waals surface area contributed by atoms with Crippen LogP contribution >= 0.6 is 0 Å². The first-order valence-corrected chi connectivity index (χ1v) is 9.68. The number of pyridine rings is 1. The Morgan fingerprint density at radius 2 is 1.68 bits per heavy atom. The van der Waals surface area contributed by atoms with Crippen molar-refractivity contribution in [3.8, 4) is 11.5 Å². The van der Waals surface area contributed by atoms with E-state index < -0.39 is 17.7 Å². The number of rotatable bonds is 4. The number of hydrogen-bond acceptors (Lipinski definition) is 3. The molecule has 2 aromatic carbocycles. The van der Waals surface area contributed by atoms with Gasteiger partial charge in [0.25, 0.3) is 0 Å². The van der Waals surface area contributed by atoms with Crippen LogP contribution in [0.15, 0.2) is 54.7 Å². The fraction of sp³-hybridized carbons (Fsp3) is 0.318. The molecule has 1 radical (unpaired) electrons. The van der Waals surface area contributed by atoms with E-state index >= 15 is 0 Å². The first-order valence-electron chi connectivity index (χ1n) is 9.68. The Balaban J connectivity index is 1.46. The molecule has 0 saturated carbocycles. The molecular weight excluding hydrogens is 419 g/mol. The monoisotopic (exact) mass is 437 g/mol. The maximum absolute atomic E-state index is 13.6. The van der Waals surface area contributed by atoms with Gasteiger partial charge in [-0.3, -0.25) is 10.1 Å². The maximum atomic E-state index is 13.6. The zero-order chi connectivity index (χ0) is 22.2. The number of nitrogens with zero attached hydrogens (tertiary/aromatic N) is 2. The molecule has 1 fully saturated rings. The van der Waals surface area contributed by atoms with Gasteiger partial charge in [-0.15, -0.1) is 0 Å². The molecule has 0 N–H and O–H groups in total. The summed E-state index contributed by atoms with van der Waals surface area (Å²) in [4.78, 5) is 6.25. The van der Waals surface area contributed by atoms with Gasteiger partial charge in [0.15, 0.2) is 5.75 Å². The van der Waals surface area contributed by atoms with E-state index in [-0.39, 0.29) is 17.6 Å². The summed E-state index contributed by atoms with van der Waals surface area (Å²) < 4.78 is 70.8. The van der Waals surface area contributed by atoms with Gasteiger partial charge >= 0.3 is 12.1 Å². The third kappa shape index (κ3) is 4.08. The molecule has 0 atom stereocenters. The summed E-state index contributed by atoms with van der Waals surface area (Å²) in [6, 6.07) is 10.6. The van der Waals surface area contributed by atoms with Crippen molar-refractivity contribution in [3.05, 3.63) is 60.3 Å². The van der Waals surface area contributed by atoms with Crippen molar-refractivity contribution in [1.29, 1.82) is 0 Å². The lowest BCUT2D eigenvalue weighted by molar-refractivity contribution is -0.289. The van der Waals surface area contributed by atoms with Crippen molar-refractivity contribution in [2.75, 3.05) is 18.0 Å². The predicted molar refractivity (Wildman–Crippen MR) is 104 cm³/mol. The minimum Gasteiger partial charge on any atom is -0.490 e. The van der Waals surface area contributed by atoms with Crippen molar-refractivity contribution >= 4 is 16.6 Å². The van der Waals surface area contributed by atoms with E-state index in [1.165, 1.54) is 12.1 Å². The highest BCUT2D eigenvalue weighted by atomic mass is 19.4. The second-order valence-electron chi connectivity index (χ2n) is 7.38. The molecule has 0 spiro atoms. The first kappa shape index (κ1) is 21.1. The van der Waals surface area contributed by atoms with Crippen LogP contribution in [-0.4, -0.2) is 30.4 Å². The van der Waals surface area contributed by atoms with Gasteiger partial charge in [-0.1, -0.05) is 18.2 Å². The topological polar surface area (TPSA) is 45.3 Å². The molecule has 0 amide bonds. The number of ether oxygens (including phenoxy) is 1. The number of anilines is 1. The van der Waals surface area contributed by atoms with E-state index in [2.05, 4.69) is 4.98 Å². The normalized spacial score (nSPS) is 16.0. The molecule has 4 nitrogen and oxygen atoms in total. The molecule has 4 rings (SSSR count). The minimum atomic E-state index is -5.68. The smallest absolute Gasteiger partial charge is 0.458 e. The minimum absolute atomic E-state index is 0.0314. The molecule has 31 heavy (non-hydrogen) atoms. The summed E-state index contributed by atoms with van der Waals surface area (Å²) >= 11 is 0. The van der Waals surface area contributed by atoms with Crippen LogP contribution in [0.2, 0.25) is 0 Å². The van der Waals surface area contributed by atoms with Crippen LogP contribution in [-0.2, 0) is 11.0 Å².